The third kappa shape index (κ3) is 5.25. The van der Waals surface area contributed by atoms with Crippen LogP contribution in [0.5, 0.6) is 0 Å². The average molecular weight is 802 g/mol. The Bertz CT molecular complexity index is 3520. The van der Waals surface area contributed by atoms with E-state index in [0.29, 0.717) is 0 Å². The van der Waals surface area contributed by atoms with E-state index < -0.39 is 5.41 Å². The van der Waals surface area contributed by atoms with E-state index in [9.17, 15) is 0 Å². The van der Waals surface area contributed by atoms with E-state index in [0.717, 1.165) is 50.1 Å². The molecule has 0 atom stereocenters. The molecule has 0 amide bonds. The predicted molar refractivity (Wildman–Crippen MR) is 261 cm³/mol. The second-order valence-electron chi connectivity index (χ2n) is 16.7. The highest BCUT2D eigenvalue weighted by atomic mass is 16.3. The second-order valence-corrected chi connectivity index (χ2v) is 16.7. The quantitative estimate of drug-likeness (QED) is 0.167. The smallest absolute Gasteiger partial charge is 0.143 e. The Balaban J connectivity index is 0.999. The van der Waals surface area contributed by atoms with Crippen molar-refractivity contribution in [3.8, 4) is 55.6 Å². The van der Waals surface area contributed by atoms with Gasteiger partial charge < -0.3 is 9.32 Å². The number of para-hydroxylation sites is 1. The highest BCUT2D eigenvalue weighted by molar-refractivity contribution is 6.11. The molecule has 11 aromatic rings. The van der Waals surface area contributed by atoms with Crippen molar-refractivity contribution >= 4 is 39.0 Å². The molecule has 13 rings (SSSR count). The molecule has 2 heteroatoms. The van der Waals surface area contributed by atoms with E-state index in [1.807, 2.05) is 0 Å². The monoisotopic (exact) mass is 801 g/mol. The molecule has 10 aromatic carbocycles. The molecule has 2 aliphatic rings. The van der Waals surface area contributed by atoms with E-state index >= 15 is 0 Å². The number of hydrogen-bond donors (Lipinski definition) is 0. The lowest BCUT2D eigenvalue weighted by Gasteiger charge is -2.30. The van der Waals surface area contributed by atoms with Crippen molar-refractivity contribution in [2.45, 2.75) is 5.41 Å². The fourth-order valence-electron chi connectivity index (χ4n) is 10.8. The molecule has 63 heavy (non-hydrogen) atoms. The summed E-state index contributed by atoms with van der Waals surface area (Å²) >= 11 is 0. The van der Waals surface area contributed by atoms with Crippen LogP contribution in [0.2, 0.25) is 0 Å². The molecule has 0 saturated heterocycles. The summed E-state index contributed by atoms with van der Waals surface area (Å²) in [6, 6.07) is 86.3. The van der Waals surface area contributed by atoms with E-state index in [4.69, 9.17) is 4.42 Å². The van der Waals surface area contributed by atoms with Crippen molar-refractivity contribution < 1.29 is 4.42 Å². The molecular weight excluding hydrogens is 763 g/mol. The van der Waals surface area contributed by atoms with Crippen LogP contribution in [0.15, 0.2) is 241 Å². The van der Waals surface area contributed by atoms with Gasteiger partial charge in [-0.05, 0) is 115 Å². The summed E-state index contributed by atoms with van der Waals surface area (Å²) in [5.74, 6) is 0. The fourth-order valence-corrected chi connectivity index (χ4v) is 10.8. The normalized spacial score (nSPS) is 12.9. The molecule has 1 aromatic heterocycles. The van der Waals surface area contributed by atoms with Gasteiger partial charge in [0.2, 0.25) is 0 Å². The summed E-state index contributed by atoms with van der Waals surface area (Å²) < 4.78 is 6.66. The number of benzene rings is 10. The number of hydrogen-bond acceptors (Lipinski definition) is 2. The van der Waals surface area contributed by atoms with Gasteiger partial charge in [0, 0.05) is 33.4 Å². The lowest BCUT2D eigenvalue weighted by atomic mass is 9.70. The molecule has 1 spiro atoms. The van der Waals surface area contributed by atoms with Crippen molar-refractivity contribution in [1.29, 1.82) is 0 Å². The van der Waals surface area contributed by atoms with Gasteiger partial charge in [0.1, 0.15) is 11.2 Å². The lowest BCUT2D eigenvalue weighted by molar-refractivity contribution is 0.670. The van der Waals surface area contributed by atoms with E-state index in [-0.39, 0.29) is 0 Å². The molecule has 0 bridgehead atoms. The summed E-state index contributed by atoms with van der Waals surface area (Å²) in [6.45, 7) is 0. The van der Waals surface area contributed by atoms with Gasteiger partial charge in [0.05, 0.1) is 5.41 Å². The summed E-state index contributed by atoms with van der Waals surface area (Å²) in [5, 5.41) is 2.19. The topological polar surface area (TPSA) is 16.4 Å². The number of nitrogens with zero attached hydrogens (tertiary/aromatic N) is 1. The van der Waals surface area contributed by atoms with Gasteiger partial charge in [-0.15, -0.1) is 0 Å². The van der Waals surface area contributed by atoms with Gasteiger partial charge in [-0.1, -0.05) is 194 Å². The van der Waals surface area contributed by atoms with Gasteiger partial charge >= 0.3 is 0 Å². The maximum atomic E-state index is 6.66. The molecule has 0 fully saturated rings. The minimum absolute atomic E-state index is 0.400. The highest BCUT2D eigenvalue weighted by Crippen LogP contribution is 2.64. The van der Waals surface area contributed by atoms with Crippen LogP contribution in [0.4, 0.5) is 17.1 Å². The molecule has 0 N–H and O–H groups in total. The number of rotatable bonds is 6. The van der Waals surface area contributed by atoms with Gasteiger partial charge in [0.25, 0.3) is 0 Å². The van der Waals surface area contributed by atoms with E-state index in [2.05, 4.69) is 241 Å². The SMILES string of the molecule is c1ccc(-c2ccc(N(c3cccc(-c4cccc5c4-c4ccccc4C54c5ccccc5-c5ccccc54)c3)c3ccc4oc5c(-c6ccccc6)cccc5c4c3)cc2)cc1. The third-order valence-electron chi connectivity index (χ3n) is 13.5. The lowest BCUT2D eigenvalue weighted by Crippen LogP contribution is -2.25. The maximum Gasteiger partial charge on any atom is 0.143 e. The van der Waals surface area contributed by atoms with Gasteiger partial charge in [-0.25, -0.2) is 0 Å². The van der Waals surface area contributed by atoms with Crippen LogP contribution in [0, 0.1) is 0 Å². The Morgan fingerprint density at radius 2 is 0.810 bits per heavy atom. The molecule has 2 aliphatic carbocycles. The van der Waals surface area contributed by atoms with Crippen LogP contribution in [-0.2, 0) is 5.41 Å². The summed E-state index contributed by atoms with van der Waals surface area (Å²) in [6.07, 6.45) is 0. The maximum absolute atomic E-state index is 6.66. The Morgan fingerprint density at radius 3 is 1.54 bits per heavy atom. The van der Waals surface area contributed by atoms with Crippen LogP contribution in [0.3, 0.4) is 0 Å². The number of furan rings is 1. The van der Waals surface area contributed by atoms with E-state index in [1.54, 1.807) is 0 Å². The first-order chi connectivity index (χ1) is 31.3. The molecule has 0 aliphatic heterocycles. The average Bonchev–Trinajstić information content (AvgIpc) is 3.99. The van der Waals surface area contributed by atoms with Crippen LogP contribution in [0.25, 0.3) is 77.6 Å². The van der Waals surface area contributed by atoms with Crippen molar-refractivity contribution in [2.24, 2.45) is 0 Å². The zero-order valence-corrected chi connectivity index (χ0v) is 34.4. The predicted octanol–water partition coefficient (Wildman–Crippen LogP) is 16.4. The van der Waals surface area contributed by atoms with Crippen molar-refractivity contribution in [3.05, 3.63) is 259 Å². The van der Waals surface area contributed by atoms with E-state index in [1.165, 1.54) is 66.8 Å². The minimum atomic E-state index is -0.400. The first-order valence-corrected chi connectivity index (χ1v) is 21.8. The van der Waals surface area contributed by atoms with Gasteiger partial charge in [-0.2, -0.15) is 0 Å². The standard InChI is InChI=1S/C61H39NO/c1-3-16-40(17-4-1)41-32-34-44(35-33-41)62(46-36-37-58-53(39-46)51-27-14-26-48(60(51)63-58)42-18-5-2-6-19-42)45-21-13-20-43(38-45)47-25-15-31-57-59(47)52-24-9-12-30-56(52)61(57)54-28-10-7-22-49(54)50-23-8-11-29-55(50)61/h1-39H. The van der Waals surface area contributed by atoms with Crippen molar-refractivity contribution in [2.75, 3.05) is 4.90 Å². The number of fused-ring (bicyclic) bond motifs is 13. The second kappa shape index (κ2) is 13.9. The zero-order chi connectivity index (χ0) is 41.5. The van der Waals surface area contributed by atoms with Crippen LogP contribution in [0.1, 0.15) is 22.3 Å². The highest BCUT2D eigenvalue weighted by Gasteiger charge is 2.52. The molecule has 294 valence electrons. The largest absolute Gasteiger partial charge is 0.455 e. The summed E-state index contributed by atoms with van der Waals surface area (Å²) in [4.78, 5) is 2.39. The first-order valence-electron chi connectivity index (χ1n) is 21.8. The molecule has 0 unspecified atom stereocenters. The summed E-state index contributed by atoms with van der Waals surface area (Å²) in [5.41, 5.74) is 22.2. The third-order valence-corrected chi connectivity index (χ3v) is 13.5. The Kier molecular flexibility index (Phi) is 7.85. The van der Waals surface area contributed by atoms with Crippen LogP contribution < -0.4 is 4.90 Å². The summed E-state index contributed by atoms with van der Waals surface area (Å²) in [7, 11) is 0. The number of anilines is 3. The first kappa shape index (κ1) is 35.5. The van der Waals surface area contributed by atoms with Crippen LogP contribution in [-0.4, -0.2) is 0 Å². The van der Waals surface area contributed by atoms with Gasteiger partial charge in [0.15, 0.2) is 0 Å². The molecule has 0 radical (unpaired) electrons. The van der Waals surface area contributed by atoms with Crippen molar-refractivity contribution in [3.63, 3.8) is 0 Å². The zero-order valence-electron chi connectivity index (χ0n) is 34.4. The molecule has 0 saturated carbocycles. The molecule has 2 nitrogen and oxygen atoms in total. The fraction of sp³-hybridized carbons (Fsp3) is 0.0164. The Hall–Kier alpha value is -8.20. The Labute approximate surface area is 366 Å². The van der Waals surface area contributed by atoms with Crippen LogP contribution >= 0.6 is 0 Å². The molecular formula is C61H39NO. The molecule has 1 heterocycles. The van der Waals surface area contributed by atoms with Crippen molar-refractivity contribution in [1.82, 2.24) is 0 Å². The Morgan fingerprint density at radius 1 is 0.302 bits per heavy atom. The minimum Gasteiger partial charge on any atom is -0.455 e. The van der Waals surface area contributed by atoms with Gasteiger partial charge in [-0.3, -0.25) is 0 Å².